The second-order valence-corrected chi connectivity index (χ2v) is 15.4. The average Bonchev–Trinajstić information content (AvgIpc) is 3.90. The maximum atomic E-state index is 14.0. The number of carbonyl (C=O) groups is 5. The second kappa shape index (κ2) is 18.2. The molecule has 3 aliphatic heterocycles. The molecule has 0 aromatic heterocycles. The first kappa shape index (κ1) is 42.2. The number of nitrogens with one attached hydrogen (secondary N) is 2. The number of nitrogens with zero attached hydrogens (tertiary/aromatic N) is 3. The Kier molecular flexibility index (Phi) is 12.2. The minimum Gasteiger partial charge on any atom is -0.493 e. The highest BCUT2D eigenvalue weighted by atomic mass is 16.5. The summed E-state index contributed by atoms with van der Waals surface area (Å²) in [5.74, 6) is 0.0164. The van der Waals surface area contributed by atoms with E-state index in [0.717, 1.165) is 40.0 Å². The summed E-state index contributed by atoms with van der Waals surface area (Å²) in [7, 11) is 6.24. The third-order valence-electron chi connectivity index (χ3n) is 11.5. The number of methoxy groups -OCH3 is 3. The van der Waals surface area contributed by atoms with Crippen molar-refractivity contribution < 1.29 is 47.7 Å². The molecule has 324 valence electrons. The smallest absolute Gasteiger partial charge is 0.305 e. The molecule has 0 saturated carbocycles. The van der Waals surface area contributed by atoms with Crippen molar-refractivity contribution in [1.82, 2.24) is 0 Å². The topological polar surface area (TPSA) is 165 Å². The predicted molar refractivity (Wildman–Crippen MR) is 236 cm³/mol. The lowest BCUT2D eigenvalue weighted by atomic mass is 10.1. The van der Waals surface area contributed by atoms with Gasteiger partial charge in [-0.2, -0.15) is 0 Å². The Morgan fingerprint density at radius 1 is 0.825 bits per heavy atom. The lowest BCUT2D eigenvalue weighted by Gasteiger charge is -2.22. The molecular formula is C48H47N5O10. The number of carbonyl (C=O) groups excluding carboxylic acids is 5. The average molecular weight is 854 g/mol. The number of anilines is 5. The SMILES string of the molecule is COC(=O)CCCN(C)c1cc(COc2cc(NC=O)c(C(=O)N3CCc4ccccc43)cc2OC)cc(COc2cc3c(cc2OC)C(=O)N2c4ccccc4C[C@H]2C(=O)N3)c1. The van der Waals surface area contributed by atoms with E-state index < -0.39 is 6.04 Å². The molecule has 4 amide bonds. The van der Waals surface area contributed by atoms with Gasteiger partial charge in [-0.15, -0.1) is 0 Å². The van der Waals surface area contributed by atoms with Crippen LogP contribution in [0.15, 0.2) is 91.0 Å². The van der Waals surface area contributed by atoms with Crippen molar-refractivity contribution in [1.29, 1.82) is 0 Å². The normalized spacial score (nSPS) is 14.6. The maximum absolute atomic E-state index is 14.0. The molecule has 0 radical (unpaired) electrons. The molecule has 15 heteroatoms. The van der Waals surface area contributed by atoms with Gasteiger partial charge in [0.05, 0.1) is 43.8 Å². The molecule has 3 aliphatic rings. The van der Waals surface area contributed by atoms with Crippen LogP contribution in [0.5, 0.6) is 23.0 Å². The molecular weight excluding hydrogens is 807 g/mol. The lowest BCUT2D eigenvalue weighted by Crippen LogP contribution is -2.42. The Labute approximate surface area is 364 Å². The minimum absolute atomic E-state index is 0.0532. The molecule has 0 bridgehead atoms. The quantitative estimate of drug-likeness (QED) is 0.0818. The Hall–Kier alpha value is -7.55. The molecule has 2 N–H and O–H groups in total. The van der Waals surface area contributed by atoms with Gasteiger partial charge in [0.25, 0.3) is 11.8 Å². The third-order valence-corrected chi connectivity index (χ3v) is 11.5. The van der Waals surface area contributed by atoms with Gasteiger partial charge in [-0.05, 0) is 77.6 Å². The summed E-state index contributed by atoms with van der Waals surface area (Å²) in [5.41, 5.74) is 6.95. The number of amides is 4. The van der Waals surface area contributed by atoms with E-state index in [1.54, 1.807) is 34.1 Å². The van der Waals surface area contributed by atoms with Crippen LogP contribution < -0.4 is 44.3 Å². The van der Waals surface area contributed by atoms with E-state index >= 15 is 0 Å². The zero-order valence-electron chi connectivity index (χ0n) is 35.4. The van der Waals surface area contributed by atoms with Gasteiger partial charge < -0.3 is 44.1 Å². The molecule has 3 heterocycles. The van der Waals surface area contributed by atoms with Crippen LogP contribution in [0.1, 0.15) is 55.8 Å². The molecule has 1 atom stereocenters. The van der Waals surface area contributed by atoms with Gasteiger partial charge in [-0.3, -0.25) is 28.9 Å². The van der Waals surface area contributed by atoms with Crippen molar-refractivity contribution in [3.63, 3.8) is 0 Å². The number of ether oxygens (including phenoxy) is 5. The minimum atomic E-state index is -0.688. The number of benzene rings is 5. The maximum Gasteiger partial charge on any atom is 0.305 e. The number of hydrogen-bond donors (Lipinski definition) is 2. The summed E-state index contributed by atoms with van der Waals surface area (Å²) >= 11 is 0. The molecule has 63 heavy (non-hydrogen) atoms. The number of hydrogen-bond acceptors (Lipinski definition) is 11. The molecule has 0 fully saturated rings. The van der Waals surface area contributed by atoms with Crippen molar-refractivity contribution >= 4 is 58.5 Å². The van der Waals surface area contributed by atoms with Gasteiger partial charge in [0.1, 0.15) is 19.3 Å². The number of para-hydroxylation sites is 2. The van der Waals surface area contributed by atoms with Gasteiger partial charge in [0.2, 0.25) is 12.3 Å². The predicted octanol–water partition coefficient (Wildman–Crippen LogP) is 6.55. The summed E-state index contributed by atoms with van der Waals surface area (Å²) in [5, 5.41) is 5.61. The Morgan fingerprint density at radius 2 is 1.49 bits per heavy atom. The van der Waals surface area contributed by atoms with Gasteiger partial charge in [0.15, 0.2) is 23.0 Å². The Bertz CT molecular complexity index is 2610. The fraction of sp³-hybridized carbons (Fsp3) is 0.271. The van der Waals surface area contributed by atoms with E-state index in [2.05, 4.69) is 10.6 Å². The molecule has 0 saturated heterocycles. The first-order valence-electron chi connectivity index (χ1n) is 20.5. The van der Waals surface area contributed by atoms with Gasteiger partial charge in [-0.25, -0.2) is 0 Å². The highest BCUT2D eigenvalue weighted by Gasteiger charge is 2.42. The van der Waals surface area contributed by atoms with Crippen LogP contribution in [0.25, 0.3) is 0 Å². The molecule has 8 rings (SSSR count). The van der Waals surface area contributed by atoms with Crippen LogP contribution in [0.4, 0.5) is 28.4 Å². The zero-order valence-corrected chi connectivity index (χ0v) is 35.4. The van der Waals surface area contributed by atoms with Crippen molar-refractivity contribution in [2.75, 3.05) is 66.8 Å². The van der Waals surface area contributed by atoms with Crippen molar-refractivity contribution in [2.45, 2.75) is 44.9 Å². The van der Waals surface area contributed by atoms with Crippen molar-refractivity contribution in [3.8, 4) is 23.0 Å². The van der Waals surface area contributed by atoms with Crippen LogP contribution in [-0.2, 0) is 45.2 Å². The molecule has 5 aromatic carbocycles. The van der Waals surface area contributed by atoms with Crippen LogP contribution in [-0.4, -0.2) is 77.6 Å². The first-order chi connectivity index (χ1) is 30.6. The van der Waals surface area contributed by atoms with E-state index in [4.69, 9.17) is 23.7 Å². The lowest BCUT2D eigenvalue weighted by molar-refractivity contribution is -0.140. The van der Waals surface area contributed by atoms with Gasteiger partial charge in [-0.1, -0.05) is 36.4 Å². The van der Waals surface area contributed by atoms with Gasteiger partial charge >= 0.3 is 5.97 Å². The van der Waals surface area contributed by atoms with E-state index in [9.17, 15) is 24.0 Å². The van der Waals surface area contributed by atoms with Crippen molar-refractivity contribution in [2.24, 2.45) is 0 Å². The summed E-state index contributed by atoms with van der Waals surface area (Å²) in [6.07, 6.45) is 2.44. The highest BCUT2D eigenvalue weighted by Crippen LogP contribution is 2.42. The summed E-state index contributed by atoms with van der Waals surface area (Å²) < 4.78 is 29.0. The molecule has 0 spiro atoms. The summed E-state index contributed by atoms with van der Waals surface area (Å²) in [6.45, 7) is 1.16. The highest BCUT2D eigenvalue weighted by molar-refractivity contribution is 6.20. The van der Waals surface area contributed by atoms with E-state index in [1.807, 2.05) is 78.7 Å². The number of rotatable bonds is 16. The molecule has 15 nitrogen and oxygen atoms in total. The molecule has 0 unspecified atom stereocenters. The van der Waals surface area contributed by atoms with Crippen molar-refractivity contribution in [3.05, 3.63) is 124 Å². The summed E-state index contributed by atoms with van der Waals surface area (Å²) in [4.78, 5) is 70.4. The fourth-order valence-corrected chi connectivity index (χ4v) is 8.34. The fourth-order valence-electron chi connectivity index (χ4n) is 8.34. The van der Waals surface area contributed by atoms with E-state index in [0.29, 0.717) is 66.7 Å². The van der Waals surface area contributed by atoms with E-state index in [-0.39, 0.29) is 60.1 Å². The van der Waals surface area contributed by atoms with Crippen LogP contribution >= 0.6 is 0 Å². The largest absolute Gasteiger partial charge is 0.493 e. The van der Waals surface area contributed by atoms with E-state index in [1.165, 1.54) is 21.3 Å². The van der Waals surface area contributed by atoms with Crippen LogP contribution in [0.2, 0.25) is 0 Å². The van der Waals surface area contributed by atoms with Crippen LogP contribution in [0, 0.1) is 0 Å². The Morgan fingerprint density at radius 3 is 2.19 bits per heavy atom. The second-order valence-electron chi connectivity index (χ2n) is 15.4. The summed E-state index contributed by atoms with van der Waals surface area (Å²) in [6, 6.07) is 26.7. The number of esters is 1. The monoisotopic (exact) mass is 853 g/mol. The van der Waals surface area contributed by atoms with Crippen LogP contribution in [0.3, 0.4) is 0 Å². The third kappa shape index (κ3) is 8.54. The first-order valence-corrected chi connectivity index (χ1v) is 20.5. The number of fused-ring (bicyclic) bond motifs is 5. The zero-order chi connectivity index (χ0) is 44.2. The Balaban J connectivity index is 1.06. The molecule has 0 aliphatic carbocycles. The standard InChI is InChI=1S/C48H47N5O10/c1-51(16-9-14-45(55)61-4)33-19-29(26-62-43-24-36(49-28-54)34(22-41(43)59-2)47(57)52-17-15-31-10-5-7-12-38(31)52)18-30(20-33)27-63-44-25-37-35(23-42(44)60-3)48(58)53-39-13-8-6-11-32(39)21-40(53)46(56)50-37/h5-8,10-13,18-20,22-25,28,40H,9,14-17,21,26-27H2,1-4H3,(H,49,54)(H,50,56)/t40-/m0/s1. The molecule has 5 aromatic rings. The van der Waals surface area contributed by atoms with Gasteiger partial charge in [0, 0.05) is 62.2 Å².